The Balaban J connectivity index is 2.29. The maximum absolute atomic E-state index is 8.65. The summed E-state index contributed by atoms with van der Waals surface area (Å²) in [4.78, 5) is 0. The maximum Gasteiger partial charge on any atom is 0.121 e. The largest absolute Gasteiger partial charge is 0.377 e. The first-order valence-electron chi connectivity index (χ1n) is 2.41. The molecule has 0 bridgehead atoms. The summed E-state index contributed by atoms with van der Waals surface area (Å²) in [6, 6.07) is 0.231. The molecule has 1 heterocycles. The van der Waals surface area contributed by atoms with Crippen LogP contribution in [-0.2, 0) is 0 Å². The summed E-state index contributed by atoms with van der Waals surface area (Å²) < 4.78 is 0. The number of aliphatic hydroxyl groups is 1. The van der Waals surface area contributed by atoms with Crippen LogP contribution in [0.15, 0.2) is 0 Å². The van der Waals surface area contributed by atoms with Crippen molar-refractivity contribution in [2.45, 2.75) is 25.2 Å². The highest BCUT2D eigenvalue weighted by atomic mass is 16.3. The van der Waals surface area contributed by atoms with E-state index >= 15 is 0 Å². The van der Waals surface area contributed by atoms with Crippen LogP contribution in [0.5, 0.6) is 0 Å². The minimum absolute atomic E-state index is 0.0556. The Bertz CT molecular complexity index is 68.1. The van der Waals surface area contributed by atoms with Gasteiger partial charge in [0.25, 0.3) is 0 Å². The van der Waals surface area contributed by atoms with Crippen LogP contribution in [0.1, 0.15) is 6.92 Å². The lowest BCUT2D eigenvalue weighted by atomic mass is 10.0. The molecule has 1 aliphatic heterocycles. The van der Waals surface area contributed by atoms with Gasteiger partial charge >= 0.3 is 0 Å². The Labute approximate surface area is 42.5 Å². The average molecular weight is 102 g/mol. The molecule has 3 heteroatoms. The molecule has 3 atom stereocenters. The van der Waals surface area contributed by atoms with E-state index in [1.165, 1.54) is 0 Å². The lowest BCUT2D eigenvalue weighted by Crippen LogP contribution is -2.68. The van der Waals surface area contributed by atoms with E-state index in [9.17, 15) is 0 Å². The first-order valence-corrected chi connectivity index (χ1v) is 2.41. The van der Waals surface area contributed by atoms with Gasteiger partial charge in [-0.2, -0.15) is 0 Å². The average Bonchev–Trinajstić information content (AvgIpc) is 1.68. The van der Waals surface area contributed by atoms with Crippen LogP contribution >= 0.6 is 0 Å². The van der Waals surface area contributed by atoms with Gasteiger partial charge in [-0.15, -0.1) is 0 Å². The van der Waals surface area contributed by atoms with Gasteiger partial charge in [0.2, 0.25) is 0 Å². The van der Waals surface area contributed by atoms with E-state index in [-0.39, 0.29) is 12.1 Å². The van der Waals surface area contributed by atoms with Crippen LogP contribution in [0.3, 0.4) is 0 Å². The molecular weight excluding hydrogens is 92.1 g/mol. The molecule has 0 aromatic carbocycles. The summed E-state index contributed by atoms with van der Waals surface area (Å²) in [7, 11) is 0. The van der Waals surface area contributed by atoms with E-state index in [4.69, 9.17) is 10.8 Å². The van der Waals surface area contributed by atoms with Gasteiger partial charge in [0, 0.05) is 6.04 Å². The fraction of sp³-hybridized carbons (Fsp3) is 1.00. The van der Waals surface area contributed by atoms with Crippen molar-refractivity contribution in [3.63, 3.8) is 0 Å². The molecule has 1 unspecified atom stereocenters. The van der Waals surface area contributed by atoms with E-state index in [2.05, 4.69) is 5.32 Å². The molecule has 1 fully saturated rings. The molecule has 0 aromatic rings. The Morgan fingerprint density at radius 1 is 1.71 bits per heavy atom. The Morgan fingerprint density at radius 2 is 2.29 bits per heavy atom. The molecule has 0 aromatic heterocycles. The normalized spacial score (nSPS) is 51.0. The molecule has 42 valence electrons. The van der Waals surface area contributed by atoms with E-state index in [0.717, 1.165) is 0 Å². The van der Waals surface area contributed by atoms with Gasteiger partial charge in [0.15, 0.2) is 0 Å². The topological polar surface area (TPSA) is 58.3 Å². The Hall–Kier alpha value is -0.120. The highest BCUT2D eigenvalue weighted by Gasteiger charge is 2.31. The minimum atomic E-state index is -0.463. The third-order valence-electron chi connectivity index (χ3n) is 1.38. The van der Waals surface area contributed by atoms with Crippen molar-refractivity contribution < 1.29 is 5.11 Å². The summed E-state index contributed by atoms with van der Waals surface area (Å²) in [5.41, 5.74) is 5.35. The minimum Gasteiger partial charge on any atom is -0.377 e. The van der Waals surface area contributed by atoms with Crippen molar-refractivity contribution in [2.24, 2.45) is 5.73 Å². The summed E-state index contributed by atoms with van der Waals surface area (Å²) in [5.74, 6) is 0. The Kier molecular flexibility index (Phi) is 1.03. The molecule has 0 saturated carbocycles. The van der Waals surface area contributed by atoms with Crippen molar-refractivity contribution in [1.29, 1.82) is 0 Å². The van der Waals surface area contributed by atoms with E-state index in [1.807, 2.05) is 6.92 Å². The predicted molar refractivity (Wildman–Crippen MR) is 26.6 cm³/mol. The lowest BCUT2D eigenvalue weighted by Gasteiger charge is -2.37. The van der Waals surface area contributed by atoms with Gasteiger partial charge in [-0.25, -0.2) is 0 Å². The van der Waals surface area contributed by atoms with Gasteiger partial charge in [-0.1, -0.05) is 0 Å². The third kappa shape index (κ3) is 0.627. The molecule has 0 amide bonds. The molecule has 1 rings (SSSR count). The zero-order chi connectivity index (χ0) is 5.44. The summed E-state index contributed by atoms with van der Waals surface area (Å²) in [6.07, 6.45) is -0.463. The fourth-order valence-corrected chi connectivity index (χ4v) is 0.646. The molecular formula is C4H10N2O. The van der Waals surface area contributed by atoms with E-state index in [1.54, 1.807) is 0 Å². The second kappa shape index (κ2) is 1.43. The lowest BCUT2D eigenvalue weighted by molar-refractivity contribution is 0.0154. The van der Waals surface area contributed by atoms with Crippen molar-refractivity contribution >= 4 is 0 Å². The third-order valence-corrected chi connectivity index (χ3v) is 1.38. The smallest absolute Gasteiger partial charge is 0.121 e. The maximum atomic E-state index is 8.65. The van der Waals surface area contributed by atoms with Crippen molar-refractivity contribution in [2.75, 3.05) is 0 Å². The van der Waals surface area contributed by atoms with Gasteiger partial charge in [0.1, 0.15) is 6.23 Å². The number of aliphatic hydroxyl groups excluding tert-OH is 1. The first kappa shape index (κ1) is 5.03. The number of rotatable bonds is 0. The SMILES string of the molecule is C[C@H]1NC(O)[C@H]1N. The van der Waals surface area contributed by atoms with E-state index in [0.29, 0.717) is 0 Å². The number of hydrogen-bond acceptors (Lipinski definition) is 3. The molecule has 1 saturated heterocycles. The van der Waals surface area contributed by atoms with Crippen molar-refractivity contribution in [3.05, 3.63) is 0 Å². The molecule has 0 spiro atoms. The molecule has 7 heavy (non-hydrogen) atoms. The summed E-state index contributed by atoms with van der Waals surface area (Å²) in [6.45, 7) is 1.94. The second-order valence-corrected chi connectivity index (χ2v) is 1.98. The van der Waals surface area contributed by atoms with Crippen LogP contribution in [0.2, 0.25) is 0 Å². The predicted octanol–water partition coefficient (Wildman–Crippen LogP) is -1.38. The van der Waals surface area contributed by atoms with Crippen molar-refractivity contribution in [3.8, 4) is 0 Å². The monoisotopic (exact) mass is 102 g/mol. The number of nitrogens with one attached hydrogen (secondary N) is 1. The van der Waals surface area contributed by atoms with Crippen LogP contribution < -0.4 is 11.1 Å². The molecule has 4 N–H and O–H groups in total. The molecule has 0 radical (unpaired) electrons. The highest BCUT2D eigenvalue weighted by molar-refractivity contribution is 4.91. The molecule has 3 nitrogen and oxygen atoms in total. The fourth-order valence-electron chi connectivity index (χ4n) is 0.646. The standard InChI is InChI=1S/C4H10N2O/c1-2-3(5)4(7)6-2/h2-4,6-7H,5H2,1H3/t2-,3+,4?/m1/s1. The Morgan fingerprint density at radius 3 is 2.29 bits per heavy atom. The van der Waals surface area contributed by atoms with Gasteiger partial charge in [0.05, 0.1) is 6.04 Å². The molecule has 1 aliphatic rings. The quantitative estimate of drug-likeness (QED) is 0.353. The zero-order valence-corrected chi connectivity index (χ0v) is 4.26. The highest BCUT2D eigenvalue weighted by Crippen LogP contribution is 2.05. The first-order chi connectivity index (χ1) is 3.22. The zero-order valence-electron chi connectivity index (χ0n) is 4.26. The molecule has 0 aliphatic carbocycles. The van der Waals surface area contributed by atoms with Crippen LogP contribution in [0.4, 0.5) is 0 Å². The van der Waals surface area contributed by atoms with Crippen LogP contribution in [0.25, 0.3) is 0 Å². The number of nitrogens with two attached hydrogens (primary N) is 1. The van der Waals surface area contributed by atoms with Gasteiger partial charge < -0.3 is 10.8 Å². The van der Waals surface area contributed by atoms with Gasteiger partial charge in [-0.3, -0.25) is 5.32 Å². The van der Waals surface area contributed by atoms with Crippen LogP contribution in [0, 0.1) is 0 Å². The second-order valence-electron chi connectivity index (χ2n) is 1.98. The van der Waals surface area contributed by atoms with Crippen LogP contribution in [-0.4, -0.2) is 23.4 Å². The summed E-state index contributed by atoms with van der Waals surface area (Å²) in [5, 5.41) is 11.4. The summed E-state index contributed by atoms with van der Waals surface area (Å²) >= 11 is 0. The van der Waals surface area contributed by atoms with Gasteiger partial charge in [-0.05, 0) is 6.92 Å². The van der Waals surface area contributed by atoms with Crippen molar-refractivity contribution in [1.82, 2.24) is 5.32 Å². The number of hydrogen-bond donors (Lipinski definition) is 3. The van der Waals surface area contributed by atoms with E-state index < -0.39 is 6.23 Å².